The monoisotopic (exact) mass is 319 g/mol. The second-order valence-electron chi connectivity index (χ2n) is 5.17. The largest absolute Gasteiger partial charge is 0.317 e. The molecule has 1 N–H and O–H groups in total. The average Bonchev–Trinajstić information content (AvgIpc) is 2.45. The van der Waals surface area contributed by atoms with Gasteiger partial charge < -0.3 is 5.32 Å². The van der Waals surface area contributed by atoms with Crippen LogP contribution in [0.3, 0.4) is 0 Å². The zero-order valence-corrected chi connectivity index (χ0v) is 13.9. The van der Waals surface area contributed by atoms with Crippen molar-refractivity contribution in [1.29, 1.82) is 0 Å². The minimum Gasteiger partial charge on any atom is -0.317 e. The number of hydrogen-bond acceptors (Lipinski definition) is 3. The maximum atomic E-state index is 4.41. The number of nitrogens with zero attached hydrogens (tertiary/aromatic N) is 2. The Morgan fingerprint density at radius 2 is 2.00 bits per heavy atom. The first-order valence-corrected chi connectivity index (χ1v) is 7.21. The Labute approximate surface area is 135 Å². The van der Waals surface area contributed by atoms with Crippen molar-refractivity contribution in [2.45, 2.75) is 32.7 Å². The molecule has 0 unspecified atom stereocenters. The van der Waals surface area contributed by atoms with Crippen LogP contribution in [-0.4, -0.2) is 36.1 Å². The predicted molar refractivity (Wildman–Crippen MR) is 89.9 cm³/mol. The lowest BCUT2D eigenvalue weighted by Gasteiger charge is -2.26. The Morgan fingerprint density at radius 3 is 2.60 bits per heavy atom. The van der Waals surface area contributed by atoms with E-state index in [2.05, 4.69) is 34.3 Å². The van der Waals surface area contributed by atoms with E-state index in [1.165, 1.54) is 44.6 Å². The molecule has 5 heteroatoms. The highest BCUT2D eigenvalue weighted by molar-refractivity contribution is 5.85. The number of nitrogens with one attached hydrogen (secondary N) is 1. The van der Waals surface area contributed by atoms with Crippen molar-refractivity contribution in [2.24, 2.45) is 5.92 Å². The highest BCUT2D eigenvalue weighted by atomic mass is 35.5. The maximum Gasteiger partial charge on any atom is 0.0543 e. The molecule has 3 nitrogen and oxygen atoms in total. The molecule has 0 radical (unpaired) electrons. The minimum absolute atomic E-state index is 0. The lowest BCUT2D eigenvalue weighted by molar-refractivity contribution is 0.235. The van der Waals surface area contributed by atoms with E-state index in [0.717, 1.165) is 19.0 Å². The fourth-order valence-electron chi connectivity index (χ4n) is 2.61. The van der Waals surface area contributed by atoms with Crippen LogP contribution in [-0.2, 0) is 6.54 Å². The molecule has 1 aromatic rings. The van der Waals surface area contributed by atoms with Crippen molar-refractivity contribution in [2.75, 3.05) is 26.2 Å². The lowest BCUT2D eigenvalue weighted by Crippen LogP contribution is -2.31. The molecule has 0 spiro atoms. The van der Waals surface area contributed by atoms with Gasteiger partial charge in [0, 0.05) is 12.7 Å². The summed E-state index contributed by atoms with van der Waals surface area (Å²) in [5.41, 5.74) is 1.18. The van der Waals surface area contributed by atoms with Crippen LogP contribution in [0, 0.1) is 5.92 Å². The lowest BCUT2D eigenvalue weighted by atomic mass is 9.94. The van der Waals surface area contributed by atoms with Gasteiger partial charge in [0.1, 0.15) is 0 Å². The maximum absolute atomic E-state index is 4.41. The Hall–Kier alpha value is -0.350. The summed E-state index contributed by atoms with van der Waals surface area (Å²) in [7, 11) is 0. The van der Waals surface area contributed by atoms with Crippen molar-refractivity contribution < 1.29 is 0 Å². The molecule has 0 aromatic carbocycles. The van der Waals surface area contributed by atoms with Crippen molar-refractivity contribution in [3.8, 4) is 0 Å². The van der Waals surface area contributed by atoms with Gasteiger partial charge in [0.25, 0.3) is 0 Å². The van der Waals surface area contributed by atoms with Crippen LogP contribution in [0.2, 0.25) is 0 Å². The molecule has 20 heavy (non-hydrogen) atoms. The second-order valence-corrected chi connectivity index (χ2v) is 5.17. The third-order valence-electron chi connectivity index (χ3n) is 3.87. The van der Waals surface area contributed by atoms with E-state index in [-0.39, 0.29) is 24.8 Å². The smallest absolute Gasteiger partial charge is 0.0543 e. The van der Waals surface area contributed by atoms with Crippen LogP contribution in [0.5, 0.6) is 0 Å². The summed E-state index contributed by atoms with van der Waals surface area (Å²) in [6.45, 7) is 7.96. The van der Waals surface area contributed by atoms with Gasteiger partial charge in [-0.05, 0) is 63.5 Å². The summed E-state index contributed by atoms with van der Waals surface area (Å²) in [6, 6.07) is 6.17. The molecule has 0 atom stereocenters. The van der Waals surface area contributed by atoms with Gasteiger partial charge in [-0.2, -0.15) is 0 Å². The number of hydrogen-bond donors (Lipinski definition) is 1. The molecule has 0 amide bonds. The quantitative estimate of drug-likeness (QED) is 0.873. The standard InChI is InChI=1S/C15H25N3.2ClH/c1-2-18(13-15-5-3-4-9-17-15)12-8-14-6-10-16-11-7-14;;/h3-5,9,14,16H,2,6-8,10-13H2,1H3;2*1H. The normalized spacial score (nSPS) is 15.5. The molecule has 1 fully saturated rings. The molecular weight excluding hydrogens is 293 g/mol. The summed E-state index contributed by atoms with van der Waals surface area (Å²) >= 11 is 0. The van der Waals surface area contributed by atoms with Crippen molar-refractivity contribution in [1.82, 2.24) is 15.2 Å². The van der Waals surface area contributed by atoms with Crippen LogP contribution < -0.4 is 5.32 Å². The average molecular weight is 320 g/mol. The van der Waals surface area contributed by atoms with Crippen LogP contribution in [0.15, 0.2) is 24.4 Å². The topological polar surface area (TPSA) is 28.2 Å². The zero-order chi connectivity index (χ0) is 12.6. The SMILES string of the molecule is CCN(CCC1CCNCC1)Cc1ccccn1.Cl.Cl. The Kier molecular flexibility index (Phi) is 11.1. The van der Waals surface area contributed by atoms with E-state index >= 15 is 0 Å². The Balaban J connectivity index is 0.00000180. The van der Waals surface area contributed by atoms with Gasteiger partial charge in [0.15, 0.2) is 0 Å². The van der Waals surface area contributed by atoms with Crippen LogP contribution >= 0.6 is 24.8 Å². The summed E-state index contributed by atoms with van der Waals surface area (Å²) in [4.78, 5) is 6.91. The van der Waals surface area contributed by atoms with E-state index in [1.54, 1.807) is 0 Å². The van der Waals surface area contributed by atoms with E-state index in [0.29, 0.717) is 0 Å². The van der Waals surface area contributed by atoms with Gasteiger partial charge in [0.2, 0.25) is 0 Å². The fraction of sp³-hybridized carbons (Fsp3) is 0.667. The number of pyridine rings is 1. The first kappa shape index (κ1) is 19.7. The molecule has 1 aliphatic rings. The zero-order valence-electron chi connectivity index (χ0n) is 12.3. The molecule has 1 aromatic heterocycles. The van der Waals surface area contributed by atoms with Gasteiger partial charge in [-0.3, -0.25) is 9.88 Å². The predicted octanol–water partition coefficient (Wildman–Crippen LogP) is 3.14. The van der Waals surface area contributed by atoms with Crippen LogP contribution in [0.25, 0.3) is 0 Å². The number of rotatable bonds is 6. The van der Waals surface area contributed by atoms with E-state index < -0.39 is 0 Å². The highest BCUT2D eigenvalue weighted by Crippen LogP contribution is 2.16. The molecule has 1 saturated heterocycles. The Morgan fingerprint density at radius 1 is 1.25 bits per heavy atom. The van der Waals surface area contributed by atoms with Gasteiger partial charge in [-0.1, -0.05) is 13.0 Å². The molecule has 116 valence electrons. The van der Waals surface area contributed by atoms with E-state index in [9.17, 15) is 0 Å². The molecule has 2 heterocycles. The second kappa shape index (κ2) is 11.3. The number of piperidine rings is 1. The third kappa shape index (κ3) is 6.89. The third-order valence-corrected chi connectivity index (χ3v) is 3.87. The summed E-state index contributed by atoms with van der Waals surface area (Å²) in [5, 5.41) is 3.43. The molecule has 2 rings (SSSR count). The molecule has 1 aliphatic heterocycles. The van der Waals surface area contributed by atoms with Gasteiger partial charge in [-0.15, -0.1) is 24.8 Å². The summed E-state index contributed by atoms with van der Waals surface area (Å²) < 4.78 is 0. The van der Waals surface area contributed by atoms with Gasteiger partial charge in [0.05, 0.1) is 5.69 Å². The van der Waals surface area contributed by atoms with Crippen molar-refractivity contribution in [3.05, 3.63) is 30.1 Å². The van der Waals surface area contributed by atoms with E-state index in [4.69, 9.17) is 0 Å². The molecule has 0 aliphatic carbocycles. The Bertz CT molecular complexity index is 329. The highest BCUT2D eigenvalue weighted by Gasteiger charge is 2.14. The molecule has 0 bridgehead atoms. The van der Waals surface area contributed by atoms with Gasteiger partial charge >= 0.3 is 0 Å². The van der Waals surface area contributed by atoms with Crippen molar-refractivity contribution >= 4 is 24.8 Å². The van der Waals surface area contributed by atoms with E-state index in [1.807, 2.05) is 12.3 Å². The summed E-state index contributed by atoms with van der Waals surface area (Å²) in [6.07, 6.45) is 5.92. The molecule has 0 saturated carbocycles. The number of halogens is 2. The van der Waals surface area contributed by atoms with Crippen molar-refractivity contribution in [3.63, 3.8) is 0 Å². The van der Waals surface area contributed by atoms with Crippen LogP contribution in [0.4, 0.5) is 0 Å². The fourth-order valence-corrected chi connectivity index (χ4v) is 2.61. The first-order chi connectivity index (χ1) is 8.88. The minimum atomic E-state index is 0. The summed E-state index contributed by atoms with van der Waals surface area (Å²) in [5.74, 6) is 0.920. The van der Waals surface area contributed by atoms with Crippen LogP contribution in [0.1, 0.15) is 31.9 Å². The number of aromatic nitrogens is 1. The van der Waals surface area contributed by atoms with Gasteiger partial charge in [-0.25, -0.2) is 0 Å². The first-order valence-electron chi connectivity index (χ1n) is 7.21. The molecular formula is C15H27Cl2N3.